The molecule has 0 bridgehead atoms. The van der Waals surface area contributed by atoms with Crippen molar-refractivity contribution in [3.05, 3.63) is 75.5 Å². The van der Waals surface area contributed by atoms with E-state index < -0.39 is 29.5 Å². The highest BCUT2D eigenvalue weighted by atomic mass is 19.1. The van der Waals surface area contributed by atoms with Crippen LogP contribution < -0.4 is 10.9 Å². The Morgan fingerprint density at radius 2 is 1.57 bits per heavy atom. The Kier molecular flexibility index (Phi) is 12.5. The van der Waals surface area contributed by atoms with Crippen molar-refractivity contribution in [1.29, 1.82) is 0 Å². The van der Waals surface area contributed by atoms with Gasteiger partial charge in [-0.05, 0) is 95.5 Å². The molecule has 1 spiro atoms. The van der Waals surface area contributed by atoms with Crippen LogP contribution in [0.2, 0.25) is 0 Å². The Morgan fingerprint density at radius 1 is 0.879 bits per heavy atom. The smallest absolute Gasteiger partial charge is 0.408 e. The highest BCUT2D eigenvalue weighted by molar-refractivity contribution is 5.95. The minimum absolute atomic E-state index is 0.000575. The fourth-order valence-corrected chi connectivity index (χ4v) is 9.62. The molecule has 1 saturated carbocycles. The van der Waals surface area contributed by atoms with Crippen LogP contribution in [-0.2, 0) is 20.7 Å². The summed E-state index contributed by atoms with van der Waals surface area (Å²) in [5, 5.41) is 10.9. The van der Waals surface area contributed by atoms with Crippen LogP contribution in [0.5, 0.6) is 0 Å². The Hall–Kier alpha value is -4.85. The highest BCUT2D eigenvalue weighted by Crippen LogP contribution is 2.39. The molecular weight excluding hydrogens is 742 g/mol. The molecule has 0 radical (unpaired) electrons. The van der Waals surface area contributed by atoms with Gasteiger partial charge in [-0.15, -0.1) is 0 Å². The first kappa shape index (κ1) is 41.3. The molecule has 4 heterocycles. The van der Waals surface area contributed by atoms with E-state index in [1.54, 1.807) is 34.1 Å². The second kappa shape index (κ2) is 17.6. The molecule has 3 saturated heterocycles. The van der Waals surface area contributed by atoms with Gasteiger partial charge in [-0.25, -0.2) is 14.3 Å². The third-order valence-corrected chi connectivity index (χ3v) is 12.5. The fourth-order valence-electron chi connectivity index (χ4n) is 9.62. The number of halogens is 1. The van der Waals surface area contributed by atoms with Crippen molar-refractivity contribution in [1.82, 2.24) is 35.1 Å². The monoisotopic (exact) mass is 799 g/mol. The normalized spacial score (nSPS) is 21.6. The van der Waals surface area contributed by atoms with Crippen molar-refractivity contribution in [2.24, 2.45) is 11.3 Å². The molecule has 14 heteroatoms. The minimum atomic E-state index is -0.664. The summed E-state index contributed by atoms with van der Waals surface area (Å²) in [6, 6.07) is 11.0. The Morgan fingerprint density at radius 3 is 2.29 bits per heavy atom. The second-order valence-electron chi connectivity index (χ2n) is 17.9. The van der Waals surface area contributed by atoms with Crippen molar-refractivity contribution in [2.75, 3.05) is 58.9 Å². The second-order valence-corrected chi connectivity index (χ2v) is 17.9. The number of carbonyl (C=O) groups is 4. The predicted molar refractivity (Wildman–Crippen MR) is 218 cm³/mol. The number of aromatic nitrogens is 2. The van der Waals surface area contributed by atoms with E-state index in [4.69, 9.17) is 4.74 Å². The lowest BCUT2D eigenvalue weighted by molar-refractivity contribution is -0.141. The standard InChI is InChI=1S/C44H58FN7O6/c1-43(2,3)58-42(57)46-38(31-11-5-4-6-12-31)41(56)52-20-10-18-44(29-52)17-9-19-49(28-44)27-37(53)50-21-23-51(24-22-50)40(55)34-25-30(15-16-35(34)45)26-36-32-13-7-8-14-33(32)39(54)48-47-36/h7-8,13-16,25,31,38H,4-6,9-12,17-24,26-29H2,1-3H3,(H,46,57)(H,48,54)/t38-,44-/m1/s1. The lowest BCUT2D eigenvalue weighted by atomic mass is 9.73. The van der Waals surface area contributed by atoms with Gasteiger partial charge in [0, 0.05) is 63.0 Å². The number of amides is 4. The van der Waals surface area contributed by atoms with Crippen molar-refractivity contribution in [2.45, 2.75) is 96.6 Å². The molecule has 2 N–H and O–H groups in total. The van der Waals surface area contributed by atoms with Crippen molar-refractivity contribution in [3.63, 3.8) is 0 Å². The van der Waals surface area contributed by atoms with Crippen LogP contribution >= 0.6 is 0 Å². The van der Waals surface area contributed by atoms with Gasteiger partial charge >= 0.3 is 6.09 Å². The third-order valence-electron chi connectivity index (χ3n) is 12.5. The molecular formula is C44H58FN7O6. The average molecular weight is 800 g/mol. The van der Waals surface area contributed by atoms with Crippen LogP contribution in [0.3, 0.4) is 0 Å². The molecule has 7 rings (SSSR count). The number of piperazine rings is 1. The largest absolute Gasteiger partial charge is 0.444 e. The molecule has 312 valence electrons. The van der Waals surface area contributed by atoms with Gasteiger partial charge in [-0.3, -0.25) is 24.1 Å². The number of hydrogen-bond acceptors (Lipinski definition) is 8. The number of piperidine rings is 2. The number of carbonyl (C=O) groups excluding carboxylic acids is 4. The Bertz CT molecular complexity index is 2050. The molecule has 1 aromatic heterocycles. The Balaban J connectivity index is 0.935. The van der Waals surface area contributed by atoms with Crippen LogP contribution in [0.25, 0.3) is 10.8 Å². The topological polar surface area (TPSA) is 148 Å². The van der Waals surface area contributed by atoms with E-state index in [0.29, 0.717) is 74.3 Å². The van der Waals surface area contributed by atoms with Gasteiger partial charge in [0.15, 0.2) is 0 Å². The predicted octanol–water partition coefficient (Wildman–Crippen LogP) is 5.12. The summed E-state index contributed by atoms with van der Waals surface area (Å²) in [7, 11) is 0. The maximum absolute atomic E-state index is 15.1. The number of nitrogens with one attached hydrogen (secondary N) is 2. The summed E-state index contributed by atoms with van der Waals surface area (Å²) in [4.78, 5) is 74.3. The molecule has 13 nitrogen and oxygen atoms in total. The minimum Gasteiger partial charge on any atom is -0.444 e. The van der Waals surface area contributed by atoms with Gasteiger partial charge < -0.3 is 24.8 Å². The maximum Gasteiger partial charge on any atom is 0.408 e. The molecule has 4 fully saturated rings. The number of fused-ring (bicyclic) bond motifs is 1. The van der Waals surface area contributed by atoms with E-state index >= 15 is 4.39 Å². The highest BCUT2D eigenvalue weighted by Gasteiger charge is 2.44. The summed E-state index contributed by atoms with van der Waals surface area (Å²) >= 11 is 0. The first-order valence-electron chi connectivity index (χ1n) is 21.1. The van der Waals surface area contributed by atoms with Gasteiger partial charge in [-0.2, -0.15) is 5.10 Å². The molecule has 4 amide bonds. The van der Waals surface area contributed by atoms with Gasteiger partial charge in [0.1, 0.15) is 17.5 Å². The number of ether oxygens (including phenoxy) is 1. The van der Waals surface area contributed by atoms with Crippen molar-refractivity contribution in [3.8, 4) is 0 Å². The van der Waals surface area contributed by atoms with E-state index in [1.807, 2.05) is 37.8 Å². The Labute approximate surface area is 339 Å². The molecule has 0 unspecified atom stereocenters. The van der Waals surface area contributed by atoms with Crippen LogP contribution in [0.15, 0.2) is 47.3 Å². The summed E-state index contributed by atoms with van der Waals surface area (Å²) in [6.45, 7) is 9.79. The number of benzene rings is 2. The number of alkyl carbamates (subject to hydrolysis) is 1. The molecule has 1 aliphatic carbocycles. The van der Waals surface area contributed by atoms with Crippen LogP contribution in [0.4, 0.5) is 9.18 Å². The lowest BCUT2D eigenvalue weighted by Crippen LogP contribution is -2.59. The molecule has 2 aromatic carbocycles. The number of aromatic amines is 1. The number of likely N-dealkylation sites (tertiary alicyclic amines) is 2. The summed E-state index contributed by atoms with van der Waals surface area (Å²) in [5.41, 5.74) is 0.205. The number of H-pyrrole nitrogens is 1. The third kappa shape index (κ3) is 9.70. The van der Waals surface area contributed by atoms with Gasteiger partial charge in [-0.1, -0.05) is 43.5 Å². The van der Waals surface area contributed by atoms with Gasteiger partial charge in [0.2, 0.25) is 11.8 Å². The van der Waals surface area contributed by atoms with Gasteiger partial charge in [0.25, 0.3) is 11.5 Å². The van der Waals surface area contributed by atoms with E-state index in [2.05, 4.69) is 20.4 Å². The van der Waals surface area contributed by atoms with Crippen LogP contribution in [0.1, 0.15) is 100 Å². The zero-order chi connectivity index (χ0) is 41.0. The zero-order valence-corrected chi connectivity index (χ0v) is 34.2. The molecule has 3 aliphatic heterocycles. The lowest BCUT2D eigenvalue weighted by Gasteiger charge is -2.49. The van der Waals surface area contributed by atoms with E-state index in [0.717, 1.165) is 64.3 Å². The number of nitrogens with zero attached hydrogens (tertiary/aromatic N) is 5. The number of hydrogen-bond donors (Lipinski definition) is 2. The maximum atomic E-state index is 15.1. The number of rotatable bonds is 8. The summed E-state index contributed by atoms with van der Waals surface area (Å²) in [5.74, 6) is -0.979. The first-order valence-corrected chi connectivity index (χ1v) is 21.1. The molecule has 58 heavy (non-hydrogen) atoms. The van der Waals surface area contributed by atoms with E-state index in [9.17, 15) is 24.0 Å². The summed E-state index contributed by atoms with van der Waals surface area (Å²) < 4.78 is 20.7. The van der Waals surface area contributed by atoms with Crippen LogP contribution in [-0.4, -0.2) is 124 Å². The average Bonchev–Trinajstić information content (AvgIpc) is 3.21. The van der Waals surface area contributed by atoms with Gasteiger partial charge in [0.05, 0.1) is 23.2 Å². The first-order chi connectivity index (χ1) is 27.8. The van der Waals surface area contributed by atoms with E-state index in [-0.39, 0.29) is 40.8 Å². The van der Waals surface area contributed by atoms with Crippen LogP contribution in [0, 0.1) is 17.2 Å². The molecule has 3 aromatic rings. The molecule has 4 aliphatic rings. The zero-order valence-electron chi connectivity index (χ0n) is 34.2. The van der Waals surface area contributed by atoms with E-state index in [1.165, 1.54) is 6.07 Å². The molecule has 2 atom stereocenters. The van der Waals surface area contributed by atoms with Crippen molar-refractivity contribution >= 4 is 34.6 Å². The SMILES string of the molecule is CC(C)(C)OC(=O)N[C@@H](C(=O)N1CCC[C@@]2(CCCN(CC(=O)N3CCN(C(=O)c4cc(Cc5n[nH]c(=O)c6ccccc56)ccc4F)CC3)C2)C1)C1CCCCC1. The fraction of sp³-hybridized carbons (Fsp3) is 0.591. The summed E-state index contributed by atoms with van der Waals surface area (Å²) in [6.07, 6.45) is 8.56. The quantitative estimate of drug-likeness (QED) is 0.320. The van der Waals surface area contributed by atoms with Crippen molar-refractivity contribution < 1.29 is 28.3 Å².